The third kappa shape index (κ3) is 4.72. The van der Waals surface area contributed by atoms with Crippen LogP contribution in [0, 0.1) is 6.07 Å². The highest BCUT2D eigenvalue weighted by atomic mass is 19.4. The molecule has 0 amide bonds. The van der Waals surface area contributed by atoms with Crippen LogP contribution >= 0.6 is 0 Å². The van der Waals surface area contributed by atoms with Crippen LogP contribution in [0.1, 0.15) is 25.3 Å². The summed E-state index contributed by atoms with van der Waals surface area (Å²) < 4.78 is 39.5. The summed E-state index contributed by atoms with van der Waals surface area (Å²) in [5, 5.41) is 0. The number of hydrogen-bond donors (Lipinski definition) is 0. The fraction of sp³-hybridized carbons (Fsp3) is 0.455. The molecule has 1 rings (SSSR count). The van der Waals surface area contributed by atoms with Crippen LogP contribution < -0.4 is 4.74 Å². The van der Waals surface area contributed by atoms with Gasteiger partial charge in [0.15, 0.2) is 0 Å². The van der Waals surface area contributed by atoms with Gasteiger partial charge in [-0.05, 0) is 36.6 Å². The highest BCUT2D eigenvalue weighted by Crippen LogP contribution is 2.23. The van der Waals surface area contributed by atoms with Gasteiger partial charge in [-0.3, -0.25) is 0 Å². The largest absolute Gasteiger partial charge is 0.573 e. The van der Waals surface area contributed by atoms with Crippen molar-refractivity contribution >= 4 is 0 Å². The Morgan fingerprint density at radius 1 is 1.33 bits per heavy atom. The van der Waals surface area contributed by atoms with E-state index < -0.39 is 6.36 Å². The predicted molar refractivity (Wildman–Crippen MR) is 50.6 cm³/mol. The van der Waals surface area contributed by atoms with Crippen molar-refractivity contribution in [3.63, 3.8) is 0 Å². The van der Waals surface area contributed by atoms with Crippen LogP contribution in [0.2, 0.25) is 0 Å². The summed E-state index contributed by atoms with van der Waals surface area (Å²) in [6.07, 6.45) is -1.92. The second-order valence-corrected chi connectivity index (χ2v) is 3.23. The summed E-state index contributed by atoms with van der Waals surface area (Å²) in [6.45, 7) is 2.03. The molecule has 0 aliphatic carbocycles. The first-order valence-corrected chi connectivity index (χ1v) is 4.77. The third-order valence-corrected chi connectivity index (χ3v) is 1.87. The van der Waals surface area contributed by atoms with Crippen molar-refractivity contribution in [1.82, 2.24) is 0 Å². The van der Waals surface area contributed by atoms with Gasteiger partial charge in [-0.2, -0.15) is 0 Å². The average Bonchev–Trinajstić information content (AvgIpc) is 2.12. The van der Waals surface area contributed by atoms with Crippen LogP contribution in [0.25, 0.3) is 0 Å². The van der Waals surface area contributed by atoms with E-state index in [4.69, 9.17) is 0 Å². The summed E-state index contributed by atoms with van der Waals surface area (Å²) in [4.78, 5) is 0. The van der Waals surface area contributed by atoms with E-state index in [1.165, 1.54) is 12.1 Å². The minimum atomic E-state index is -4.63. The molecule has 1 nitrogen and oxygen atoms in total. The quantitative estimate of drug-likeness (QED) is 0.746. The summed E-state index contributed by atoms with van der Waals surface area (Å²) in [7, 11) is 0. The van der Waals surface area contributed by atoms with Gasteiger partial charge >= 0.3 is 6.36 Å². The molecule has 0 heterocycles. The van der Waals surface area contributed by atoms with Crippen LogP contribution in [0.3, 0.4) is 0 Å². The first-order chi connectivity index (χ1) is 7.01. The molecule has 4 heteroatoms. The van der Waals surface area contributed by atoms with Crippen LogP contribution in [0.15, 0.2) is 18.2 Å². The van der Waals surface area contributed by atoms with E-state index in [0.717, 1.165) is 24.8 Å². The minimum absolute atomic E-state index is 0.198. The number of benzene rings is 1. The Morgan fingerprint density at radius 3 is 2.67 bits per heavy atom. The molecule has 0 fully saturated rings. The summed E-state index contributed by atoms with van der Waals surface area (Å²) in [6, 6.07) is 6.90. The second kappa shape index (κ2) is 5.05. The molecule has 0 bridgehead atoms. The Bertz CT molecular complexity index is 307. The van der Waals surface area contributed by atoms with Crippen molar-refractivity contribution in [2.45, 2.75) is 32.5 Å². The molecule has 0 saturated carbocycles. The first kappa shape index (κ1) is 11.9. The monoisotopic (exact) mass is 217 g/mol. The second-order valence-electron chi connectivity index (χ2n) is 3.23. The Labute approximate surface area is 86.9 Å². The van der Waals surface area contributed by atoms with Gasteiger partial charge < -0.3 is 4.74 Å². The Hall–Kier alpha value is -1.19. The van der Waals surface area contributed by atoms with Gasteiger partial charge in [-0.25, -0.2) is 0 Å². The molecule has 0 N–H and O–H groups in total. The highest BCUT2D eigenvalue weighted by molar-refractivity contribution is 5.27. The zero-order chi connectivity index (χ0) is 11.3. The molecule has 0 saturated heterocycles. The summed E-state index contributed by atoms with van der Waals surface area (Å²) in [5.41, 5.74) is 0.818. The summed E-state index contributed by atoms with van der Waals surface area (Å²) >= 11 is 0. The molecule has 15 heavy (non-hydrogen) atoms. The molecule has 0 aromatic heterocycles. The van der Waals surface area contributed by atoms with Gasteiger partial charge in [0.05, 0.1) is 0 Å². The van der Waals surface area contributed by atoms with Crippen molar-refractivity contribution in [1.29, 1.82) is 0 Å². The van der Waals surface area contributed by atoms with Gasteiger partial charge in [-0.15, -0.1) is 13.2 Å². The SMILES string of the molecule is CCCCc1c[c]cc(OC(F)(F)F)c1. The van der Waals surface area contributed by atoms with Crippen molar-refractivity contribution in [3.8, 4) is 5.75 Å². The number of rotatable bonds is 4. The maximum Gasteiger partial charge on any atom is 0.573 e. The topological polar surface area (TPSA) is 9.23 Å². The zero-order valence-corrected chi connectivity index (χ0v) is 8.40. The lowest BCUT2D eigenvalue weighted by Crippen LogP contribution is -2.17. The van der Waals surface area contributed by atoms with Crippen LogP contribution in [-0.2, 0) is 6.42 Å². The third-order valence-electron chi connectivity index (χ3n) is 1.87. The van der Waals surface area contributed by atoms with Crippen molar-refractivity contribution in [2.24, 2.45) is 0 Å². The van der Waals surface area contributed by atoms with Crippen molar-refractivity contribution in [2.75, 3.05) is 0 Å². The average molecular weight is 217 g/mol. The molecular formula is C11H12F3O. The maximum atomic E-state index is 11.9. The number of alkyl halides is 3. The molecule has 1 aromatic rings. The lowest BCUT2D eigenvalue weighted by atomic mass is 10.1. The Morgan fingerprint density at radius 2 is 2.07 bits per heavy atom. The lowest BCUT2D eigenvalue weighted by molar-refractivity contribution is -0.274. The van der Waals surface area contributed by atoms with Gasteiger partial charge in [0.2, 0.25) is 0 Å². The van der Waals surface area contributed by atoms with Crippen LogP contribution in [-0.4, -0.2) is 6.36 Å². The fourth-order valence-corrected chi connectivity index (χ4v) is 1.21. The summed E-state index contributed by atoms with van der Waals surface area (Å²) in [5.74, 6) is -0.198. The van der Waals surface area contributed by atoms with Crippen molar-refractivity contribution < 1.29 is 17.9 Å². The molecule has 0 spiro atoms. The van der Waals surface area contributed by atoms with E-state index in [1.54, 1.807) is 6.07 Å². The van der Waals surface area contributed by atoms with E-state index in [-0.39, 0.29) is 5.75 Å². The molecule has 0 atom stereocenters. The van der Waals surface area contributed by atoms with E-state index >= 15 is 0 Å². The maximum absolute atomic E-state index is 11.9. The number of ether oxygens (including phenoxy) is 1. The van der Waals surface area contributed by atoms with Crippen molar-refractivity contribution in [3.05, 3.63) is 29.8 Å². The van der Waals surface area contributed by atoms with Gasteiger partial charge in [-0.1, -0.05) is 19.4 Å². The number of aryl methyl sites for hydroxylation is 1. The van der Waals surface area contributed by atoms with Crippen LogP contribution in [0.4, 0.5) is 13.2 Å². The van der Waals surface area contributed by atoms with Crippen LogP contribution in [0.5, 0.6) is 5.75 Å². The Balaban J connectivity index is 2.66. The normalized spacial score (nSPS) is 11.5. The van der Waals surface area contributed by atoms with E-state index in [1.807, 2.05) is 6.92 Å². The minimum Gasteiger partial charge on any atom is -0.406 e. The van der Waals surface area contributed by atoms with Gasteiger partial charge in [0.1, 0.15) is 5.75 Å². The van der Waals surface area contributed by atoms with Gasteiger partial charge in [0.25, 0.3) is 0 Å². The number of halogens is 3. The first-order valence-electron chi connectivity index (χ1n) is 4.77. The molecule has 0 aliphatic rings. The number of unbranched alkanes of at least 4 members (excludes halogenated alkanes) is 1. The Kier molecular flexibility index (Phi) is 4.00. The number of hydrogen-bond acceptors (Lipinski definition) is 1. The predicted octanol–water partition coefficient (Wildman–Crippen LogP) is 3.73. The molecule has 0 unspecified atom stereocenters. The van der Waals surface area contributed by atoms with Gasteiger partial charge in [0, 0.05) is 0 Å². The molecule has 83 valence electrons. The fourth-order valence-electron chi connectivity index (χ4n) is 1.21. The van der Waals surface area contributed by atoms with E-state index in [0.29, 0.717) is 0 Å². The standard InChI is InChI=1S/C11H12F3O/c1-2-3-5-9-6-4-7-10(8-9)15-11(12,13)14/h6-8H,2-3,5H2,1H3. The smallest absolute Gasteiger partial charge is 0.406 e. The van der Waals surface area contributed by atoms with E-state index in [9.17, 15) is 13.2 Å². The lowest BCUT2D eigenvalue weighted by Gasteiger charge is -2.09. The molecular weight excluding hydrogens is 205 g/mol. The van der Waals surface area contributed by atoms with E-state index in [2.05, 4.69) is 10.8 Å². The molecule has 1 aromatic carbocycles. The molecule has 0 aliphatic heterocycles. The molecule has 1 radical (unpaired) electrons. The highest BCUT2D eigenvalue weighted by Gasteiger charge is 2.31. The zero-order valence-electron chi connectivity index (χ0n) is 8.40.